The number of methoxy groups -OCH3 is 1. The molecule has 0 aliphatic heterocycles. The van der Waals surface area contributed by atoms with Crippen LogP contribution in [-0.4, -0.2) is 57.2 Å². The third kappa shape index (κ3) is 10.2. The zero-order chi connectivity index (χ0) is 13.1. The van der Waals surface area contributed by atoms with E-state index in [4.69, 9.17) is 10.5 Å². The van der Waals surface area contributed by atoms with Gasteiger partial charge in [0.05, 0.1) is 6.61 Å². The van der Waals surface area contributed by atoms with Crippen molar-refractivity contribution >= 4 is 5.91 Å². The summed E-state index contributed by atoms with van der Waals surface area (Å²) in [6.45, 7) is 5.16. The monoisotopic (exact) mass is 245 g/mol. The van der Waals surface area contributed by atoms with Crippen molar-refractivity contribution < 1.29 is 9.53 Å². The van der Waals surface area contributed by atoms with Crippen LogP contribution < -0.4 is 11.1 Å². The van der Waals surface area contributed by atoms with Gasteiger partial charge in [-0.3, -0.25) is 4.79 Å². The number of nitrogens with zero attached hydrogens (tertiary/aromatic N) is 1. The van der Waals surface area contributed by atoms with Crippen LogP contribution in [0.15, 0.2) is 0 Å². The fourth-order valence-electron chi connectivity index (χ4n) is 1.53. The highest BCUT2D eigenvalue weighted by Gasteiger charge is 2.08. The lowest BCUT2D eigenvalue weighted by molar-refractivity contribution is -0.121. The van der Waals surface area contributed by atoms with Gasteiger partial charge in [0.1, 0.15) is 0 Å². The Labute approximate surface area is 105 Å². The molecule has 1 amide bonds. The molecule has 0 radical (unpaired) electrons. The number of likely N-dealkylation sites (N-methyl/N-ethyl adjacent to an activating group) is 1. The summed E-state index contributed by atoms with van der Waals surface area (Å²) >= 11 is 0. The minimum atomic E-state index is -0.00813. The number of hydrogen-bond acceptors (Lipinski definition) is 4. The van der Waals surface area contributed by atoms with Gasteiger partial charge in [0, 0.05) is 39.2 Å². The average Bonchev–Trinajstić information content (AvgIpc) is 2.26. The van der Waals surface area contributed by atoms with Crippen LogP contribution in [0.5, 0.6) is 0 Å². The molecule has 102 valence electrons. The zero-order valence-electron chi connectivity index (χ0n) is 11.4. The van der Waals surface area contributed by atoms with E-state index < -0.39 is 0 Å². The first kappa shape index (κ1) is 16.4. The van der Waals surface area contributed by atoms with Crippen LogP contribution in [0.25, 0.3) is 0 Å². The van der Waals surface area contributed by atoms with Crippen molar-refractivity contribution in [2.24, 2.45) is 5.73 Å². The van der Waals surface area contributed by atoms with Gasteiger partial charge in [0.15, 0.2) is 0 Å². The van der Waals surface area contributed by atoms with E-state index >= 15 is 0 Å². The van der Waals surface area contributed by atoms with E-state index in [2.05, 4.69) is 17.1 Å². The summed E-state index contributed by atoms with van der Waals surface area (Å²) in [6.07, 6.45) is 2.35. The van der Waals surface area contributed by atoms with Gasteiger partial charge in [0.2, 0.25) is 5.91 Å². The fraction of sp³-hybridized carbons (Fsp3) is 0.917. The average molecular weight is 245 g/mol. The third-order valence-electron chi connectivity index (χ3n) is 2.60. The van der Waals surface area contributed by atoms with Gasteiger partial charge >= 0.3 is 0 Å². The molecule has 0 aromatic heterocycles. The molecule has 0 rings (SSSR count). The van der Waals surface area contributed by atoms with Crippen LogP contribution in [0, 0.1) is 0 Å². The van der Waals surface area contributed by atoms with Crippen LogP contribution >= 0.6 is 0 Å². The molecule has 0 saturated heterocycles. The first-order valence-corrected chi connectivity index (χ1v) is 6.29. The van der Waals surface area contributed by atoms with Gasteiger partial charge in [-0.25, -0.2) is 0 Å². The standard InChI is InChI=1S/C12H27N3O2/c1-4-5-11(13)10-12(16)14-6-7-15(2)8-9-17-3/h11H,4-10,13H2,1-3H3,(H,14,16). The summed E-state index contributed by atoms with van der Waals surface area (Å²) in [4.78, 5) is 13.6. The van der Waals surface area contributed by atoms with Crippen molar-refractivity contribution in [2.45, 2.75) is 32.2 Å². The molecule has 0 bridgehead atoms. The molecule has 0 heterocycles. The van der Waals surface area contributed by atoms with Crippen molar-refractivity contribution in [1.82, 2.24) is 10.2 Å². The topological polar surface area (TPSA) is 67.6 Å². The van der Waals surface area contributed by atoms with Crippen LogP contribution in [0.2, 0.25) is 0 Å². The second-order valence-electron chi connectivity index (χ2n) is 4.40. The molecule has 0 fully saturated rings. The number of carbonyl (C=O) groups is 1. The number of hydrogen-bond donors (Lipinski definition) is 2. The van der Waals surface area contributed by atoms with E-state index in [0.29, 0.717) is 19.6 Å². The summed E-state index contributed by atoms with van der Waals surface area (Å²) in [5.74, 6) is 0.0473. The molecule has 17 heavy (non-hydrogen) atoms. The molecule has 0 aliphatic rings. The van der Waals surface area contributed by atoms with E-state index in [0.717, 1.165) is 25.9 Å². The number of carbonyl (C=O) groups excluding carboxylic acids is 1. The minimum absolute atomic E-state index is 0.00813. The molecular formula is C12H27N3O2. The first-order chi connectivity index (χ1) is 8.10. The molecule has 5 nitrogen and oxygen atoms in total. The van der Waals surface area contributed by atoms with Gasteiger partial charge in [-0.05, 0) is 13.5 Å². The maximum absolute atomic E-state index is 11.5. The third-order valence-corrected chi connectivity index (χ3v) is 2.60. The Morgan fingerprint density at radius 2 is 2.18 bits per heavy atom. The summed E-state index contributed by atoms with van der Waals surface area (Å²) < 4.78 is 4.97. The van der Waals surface area contributed by atoms with Gasteiger partial charge in [0.25, 0.3) is 0 Å². The van der Waals surface area contributed by atoms with Gasteiger partial charge < -0.3 is 20.7 Å². The SMILES string of the molecule is CCCC(N)CC(=O)NCCN(C)CCOC. The number of ether oxygens (including phenoxy) is 1. The number of nitrogens with two attached hydrogens (primary N) is 1. The second-order valence-corrected chi connectivity index (χ2v) is 4.40. The largest absolute Gasteiger partial charge is 0.383 e. The lowest BCUT2D eigenvalue weighted by Crippen LogP contribution is -2.37. The molecule has 0 spiro atoms. The smallest absolute Gasteiger partial charge is 0.221 e. The molecule has 1 unspecified atom stereocenters. The van der Waals surface area contributed by atoms with Crippen molar-refractivity contribution in [1.29, 1.82) is 0 Å². The molecule has 3 N–H and O–H groups in total. The predicted octanol–water partition coefficient (Wildman–Crippen LogP) is 0.198. The highest BCUT2D eigenvalue weighted by Crippen LogP contribution is 1.97. The Balaban J connectivity index is 3.50. The predicted molar refractivity (Wildman–Crippen MR) is 69.9 cm³/mol. The number of amides is 1. The maximum atomic E-state index is 11.5. The van der Waals surface area contributed by atoms with Crippen molar-refractivity contribution in [3.05, 3.63) is 0 Å². The lowest BCUT2D eigenvalue weighted by atomic mass is 10.1. The Kier molecular flexibility index (Phi) is 10.1. The quantitative estimate of drug-likeness (QED) is 0.577. The second kappa shape index (κ2) is 10.5. The van der Waals surface area contributed by atoms with Crippen LogP contribution in [0.1, 0.15) is 26.2 Å². The van der Waals surface area contributed by atoms with Crippen LogP contribution in [0.3, 0.4) is 0 Å². The van der Waals surface area contributed by atoms with Gasteiger partial charge in [-0.2, -0.15) is 0 Å². The van der Waals surface area contributed by atoms with Crippen LogP contribution in [0.4, 0.5) is 0 Å². The molecule has 0 aromatic rings. The van der Waals surface area contributed by atoms with Crippen molar-refractivity contribution in [3.63, 3.8) is 0 Å². The van der Waals surface area contributed by atoms with Crippen molar-refractivity contribution in [3.8, 4) is 0 Å². The van der Waals surface area contributed by atoms with E-state index in [1.165, 1.54) is 0 Å². The Morgan fingerprint density at radius 3 is 2.76 bits per heavy atom. The van der Waals surface area contributed by atoms with Gasteiger partial charge in [-0.15, -0.1) is 0 Å². The molecule has 0 saturated carbocycles. The minimum Gasteiger partial charge on any atom is -0.383 e. The number of rotatable bonds is 10. The summed E-state index contributed by atoms with van der Waals surface area (Å²) in [7, 11) is 3.69. The van der Waals surface area contributed by atoms with E-state index in [1.807, 2.05) is 7.05 Å². The lowest BCUT2D eigenvalue weighted by Gasteiger charge is -2.16. The molecule has 0 aliphatic carbocycles. The zero-order valence-corrected chi connectivity index (χ0v) is 11.4. The highest BCUT2D eigenvalue weighted by atomic mass is 16.5. The molecule has 0 aromatic carbocycles. The highest BCUT2D eigenvalue weighted by molar-refractivity contribution is 5.76. The van der Waals surface area contributed by atoms with Crippen LogP contribution in [-0.2, 0) is 9.53 Å². The summed E-state index contributed by atoms with van der Waals surface area (Å²) in [5, 5.41) is 2.88. The Hall–Kier alpha value is -0.650. The molecular weight excluding hydrogens is 218 g/mol. The summed E-state index contributed by atoms with van der Waals surface area (Å²) in [5.41, 5.74) is 5.79. The summed E-state index contributed by atoms with van der Waals surface area (Å²) in [6, 6.07) is -0.00813. The normalized spacial score (nSPS) is 12.8. The van der Waals surface area contributed by atoms with Gasteiger partial charge in [-0.1, -0.05) is 13.3 Å². The van der Waals surface area contributed by atoms with Crippen molar-refractivity contribution in [2.75, 3.05) is 40.4 Å². The first-order valence-electron chi connectivity index (χ1n) is 6.29. The fourth-order valence-corrected chi connectivity index (χ4v) is 1.53. The molecule has 5 heteroatoms. The Morgan fingerprint density at radius 1 is 1.47 bits per heavy atom. The van der Waals surface area contributed by atoms with E-state index in [-0.39, 0.29) is 11.9 Å². The van der Waals surface area contributed by atoms with E-state index in [9.17, 15) is 4.79 Å². The maximum Gasteiger partial charge on any atom is 0.221 e. The number of nitrogens with one attached hydrogen (secondary N) is 1. The van der Waals surface area contributed by atoms with E-state index in [1.54, 1.807) is 7.11 Å². The molecule has 1 atom stereocenters. The Bertz CT molecular complexity index is 200.